The van der Waals surface area contributed by atoms with E-state index >= 15 is 0 Å². The average Bonchev–Trinajstić information content (AvgIpc) is 2.59. The molecule has 1 aliphatic rings. The van der Waals surface area contributed by atoms with Crippen LogP contribution in [-0.2, 0) is 6.54 Å². The highest BCUT2D eigenvalue weighted by Gasteiger charge is 2.41. The summed E-state index contributed by atoms with van der Waals surface area (Å²) < 4.78 is 43.3. The van der Waals surface area contributed by atoms with Crippen LogP contribution in [0.15, 0.2) is 23.2 Å². The zero-order valence-corrected chi connectivity index (χ0v) is 17.1. The van der Waals surface area contributed by atoms with E-state index in [4.69, 9.17) is 4.74 Å². The lowest BCUT2D eigenvalue weighted by Crippen LogP contribution is -2.45. The lowest BCUT2D eigenvalue weighted by molar-refractivity contribution is -0.182. The zero-order chi connectivity index (χ0) is 18.4. The molecule has 2 rings (SSSR count). The number of phenols is 1. The quantitative estimate of drug-likeness (QED) is 0.344. The fourth-order valence-corrected chi connectivity index (χ4v) is 2.96. The van der Waals surface area contributed by atoms with Gasteiger partial charge in [0.1, 0.15) is 11.5 Å². The maximum absolute atomic E-state index is 12.7. The van der Waals surface area contributed by atoms with Crippen LogP contribution in [-0.4, -0.2) is 37.4 Å². The van der Waals surface area contributed by atoms with Gasteiger partial charge in [0.15, 0.2) is 5.96 Å². The van der Waals surface area contributed by atoms with E-state index in [1.165, 1.54) is 0 Å². The molecule has 0 unspecified atom stereocenters. The molecule has 5 nitrogen and oxygen atoms in total. The standard InChI is InChI=1S/C17H24F3N3O2.HI/c1-21-16(22-10-11-9-14(25-2)7-8-15(11)24)23-13-5-3-12(4-6-13)17(18,19)20;/h7-9,12-13,24H,3-6,10H2,1-2H3,(H2,21,22,23);1H. The molecule has 0 heterocycles. The van der Waals surface area contributed by atoms with Gasteiger partial charge in [0, 0.05) is 25.2 Å². The molecule has 26 heavy (non-hydrogen) atoms. The first-order valence-electron chi connectivity index (χ1n) is 8.23. The van der Waals surface area contributed by atoms with E-state index < -0.39 is 12.1 Å². The summed E-state index contributed by atoms with van der Waals surface area (Å²) in [4.78, 5) is 4.10. The van der Waals surface area contributed by atoms with E-state index in [1.54, 1.807) is 32.4 Å². The minimum absolute atomic E-state index is 0. The molecule has 0 aliphatic heterocycles. The second-order valence-corrected chi connectivity index (χ2v) is 6.15. The minimum atomic E-state index is -4.10. The van der Waals surface area contributed by atoms with Gasteiger partial charge in [-0.05, 0) is 43.9 Å². The first kappa shape index (κ1) is 22.7. The van der Waals surface area contributed by atoms with Crippen molar-refractivity contribution in [3.63, 3.8) is 0 Å². The number of nitrogens with zero attached hydrogens (tertiary/aromatic N) is 1. The van der Waals surface area contributed by atoms with E-state index in [1.807, 2.05) is 0 Å². The number of methoxy groups -OCH3 is 1. The number of rotatable bonds is 4. The Morgan fingerprint density at radius 3 is 2.46 bits per heavy atom. The smallest absolute Gasteiger partial charge is 0.391 e. The second kappa shape index (κ2) is 10.1. The first-order valence-corrected chi connectivity index (χ1v) is 8.23. The number of alkyl halides is 3. The van der Waals surface area contributed by atoms with Crippen LogP contribution in [0, 0.1) is 5.92 Å². The number of nitrogens with one attached hydrogen (secondary N) is 2. The van der Waals surface area contributed by atoms with Gasteiger partial charge in [0.25, 0.3) is 0 Å². The molecule has 1 aromatic carbocycles. The fourth-order valence-electron chi connectivity index (χ4n) is 2.96. The van der Waals surface area contributed by atoms with Crippen LogP contribution < -0.4 is 15.4 Å². The molecule has 0 bridgehead atoms. The number of aromatic hydroxyl groups is 1. The summed E-state index contributed by atoms with van der Waals surface area (Å²) in [6.45, 7) is 0.320. The molecule has 0 aromatic heterocycles. The van der Waals surface area contributed by atoms with Gasteiger partial charge < -0.3 is 20.5 Å². The summed E-state index contributed by atoms with van der Waals surface area (Å²) in [5.41, 5.74) is 0.642. The van der Waals surface area contributed by atoms with Crippen molar-refractivity contribution in [2.75, 3.05) is 14.2 Å². The van der Waals surface area contributed by atoms with E-state index in [9.17, 15) is 18.3 Å². The number of halogens is 4. The van der Waals surface area contributed by atoms with Gasteiger partial charge in [-0.1, -0.05) is 0 Å². The van der Waals surface area contributed by atoms with Crippen LogP contribution in [0.4, 0.5) is 13.2 Å². The Balaban J connectivity index is 0.00000338. The highest BCUT2D eigenvalue weighted by atomic mass is 127. The van der Waals surface area contributed by atoms with Gasteiger partial charge in [0.2, 0.25) is 0 Å². The number of benzene rings is 1. The van der Waals surface area contributed by atoms with Gasteiger partial charge in [0.05, 0.1) is 13.0 Å². The second-order valence-electron chi connectivity index (χ2n) is 6.15. The maximum Gasteiger partial charge on any atom is 0.391 e. The Morgan fingerprint density at radius 1 is 1.27 bits per heavy atom. The molecule has 0 saturated heterocycles. The molecule has 1 saturated carbocycles. The van der Waals surface area contributed by atoms with Gasteiger partial charge in [-0.25, -0.2) is 0 Å². The predicted molar refractivity (Wildman–Crippen MR) is 105 cm³/mol. The van der Waals surface area contributed by atoms with Crippen molar-refractivity contribution in [1.82, 2.24) is 10.6 Å². The SMILES string of the molecule is CN=C(NCc1cc(OC)ccc1O)NC1CCC(C(F)(F)F)CC1.I. The molecule has 0 spiro atoms. The molecule has 1 aliphatic carbocycles. The molecular formula is C17H25F3IN3O2. The lowest BCUT2D eigenvalue weighted by Gasteiger charge is -2.31. The zero-order valence-electron chi connectivity index (χ0n) is 14.8. The third-order valence-corrected chi connectivity index (χ3v) is 4.49. The lowest BCUT2D eigenvalue weighted by atomic mass is 9.85. The van der Waals surface area contributed by atoms with Crippen molar-refractivity contribution in [3.05, 3.63) is 23.8 Å². The first-order chi connectivity index (χ1) is 11.8. The third kappa shape index (κ3) is 6.40. The monoisotopic (exact) mass is 487 g/mol. The van der Waals surface area contributed by atoms with E-state index in [-0.39, 0.29) is 48.6 Å². The molecule has 9 heteroatoms. The highest BCUT2D eigenvalue weighted by Crippen LogP contribution is 2.37. The van der Waals surface area contributed by atoms with Crippen molar-refractivity contribution in [1.29, 1.82) is 0 Å². The minimum Gasteiger partial charge on any atom is -0.508 e. The molecule has 0 amide bonds. The normalized spacial score (nSPS) is 20.9. The summed E-state index contributed by atoms with van der Waals surface area (Å²) in [6.07, 6.45) is -2.93. The van der Waals surface area contributed by atoms with Crippen LogP contribution in [0.5, 0.6) is 11.5 Å². The van der Waals surface area contributed by atoms with Gasteiger partial charge in [-0.2, -0.15) is 13.2 Å². The Morgan fingerprint density at radius 2 is 1.92 bits per heavy atom. The molecule has 148 valence electrons. The molecular weight excluding hydrogens is 462 g/mol. The number of aliphatic imine (C=N–C) groups is 1. The molecule has 1 fully saturated rings. The van der Waals surface area contributed by atoms with E-state index in [2.05, 4.69) is 15.6 Å². The number of hydrogen-bond acceptors (Lipinski definition) is 3. The van der Waals surface area contributed by atoms with Crippen molar-refractivity contribution < 1.29 is 23.0 Å². The number of guanidine groups is 1. The summed E-state index contributed by atoms with van der Waals surface area (Å²) in [5, 5.41) is 16.1. The highest BCUT2D eigenvalue weighted by molar-refractivity contribution is 14.0. The molecule has 1 aromatic rings. The molecule has 0 radical (unpaired) electrons. The largest absolute Gasteiger partial charge is 0.508 e. The topological polar surface area (TPSA) is 65.9 Å². The van der Waals surface area contributed by atoms with Crippen LogP contribution >= 0.6 is 24.0 Å². The Labute approximate surface area is 168 Å². The van der Waals surface area contributed by atoms with Gasteiger partial charge >= 0.3 is 6.18 Å². The van der Waals surface area contributed by atoms with Crippen molar-refractivity contribution in [3.8, 4) is 11.5 Å². The van der Waals surface area contributed by atoms with Crippen molar-refractivity contribution in [2.45, 2.75) is 44.4 Å². The summed E-state index contributed by atoms with van der Waals surface area (Å²) >= 11 is 0. The molecule has 3 N–H and O–H groups in total. The molecule has 0 atom stereocenters. The van der Waals surface area contributed by atoms with Gasteiger partial charge in [-0.3, -0.25) is 4.99 Å². The summed E-state index contributed by atoms with van der Waals surface area (Å²) in [5.74, 6) is 0.0596. The Kier molecular flexibility index (Phi) is 8.78. The summed E-state index contributed by atoms with van der Waals surface area (Å²) in [7, 11) is 3.14. The van der Waals surface area contributed by atoms with Crippen LogP contribution in [0.25, 0.3) is 0 Å². The van der Waals surface area contributed by atoms with E-state index in [0.717, 1.165) is 0 Å². The number of hydrogen-bond donors (Lipinski definition) is 3. The van der Waals surface area contributed by atoms with Crippen molar-refractivity contribution in [2.24, 2.45) is 10.9 Å². The van der Waals surface area contributed by atoms with Crippen LogP contribution in [0.1, 0.15) is 31.2 Å². The van der Waals surface area contributed by atoms with Crippen molar-refractivity contribution >= 4 is 29.9 Å². The summed E-state index contributed by atoms with van der Waals surface area (Å²) in [6, 6.07) is 4.88. The Hall–Kier alpha value is -1.39. The number of phenolic OH excluding ortho intramolecular Hbond substituents is 1. The Bertz CT molecular complexity index is 603. The maximum atomic E-state index is 12.7. The average molecular weight is 487 g/mol. The van der Waals surface area contributed by atoms with Gasteiger partial charge in [-0.15, -0.1) is 24.0 Å². The predicted octanol–water partition coefficient (Wildman–Crippen LogP) is 3.80. The third-order valence-electron chi connectivity index (χ3n) is 4.49. The van der Waals surface area contributed by atoms with Crippen LogP contribution in [0.3, 0.4) is 0 Å². The fraction of sp³-hybridized carbons (Fsp3) is 0.588. The van der Waals surface area contributed by atoms with E-state index in [0.29, 0.717) is 36.7 Å². The van der Waals surface area contributed by atoms with Crippen LogP contribution in [0.2, 0.25) is 0 Å². The number of ether oxygens (including phenoxy) is 1.